The number of benzene rings is 1. The molecule has 1 spiro atoms. The quantitative estimate of drug-likeness (QED) is 0.751. The van der Waals surface area contributed by atoms with E-state index in [-0.39, 0.29) is 29.6 Å². The fourth-order valence-corrected chi connectivity index (χ4v) is 4.08. The maximum atomic E-state index is 12.7. The summed E-state index contributed by atoms with van der Waals surface area (Å²) in [6.45, 7) is 1.73. The molecule has 0 saturated carbocycles. The molecule has 2 aliphatic heterocycles. The lowest BCUT2D eigenvalue weighted by molar-refractivity contribution is -0.123. The summed E-state index contributed by atoms with van der Waals surface area (Å²) < 4.78 is 10.9. The first-order chi connectivity index (χ1) is 14.2. The third kappa shape index (κ3) is 4.50. The van der Waals surface area contributed by atoms with E-state index >= 15 is 0 Å². The fraction of sp³-hybridized carbons (Fsp3) is 0.409. The minimum absolute atomic E-state index is 0.0164. The maximum absolute atomic E-state index is 12.7. The number of nitrogens with zero attached hydrogens (tertiary/aromatic N) is 2. The number of carbonyl (C=O) groups excluding carboxylic acids is 2. The molecule has 1 N–H and O–H groups in total. The molecule has 1 atom stereocenters. The van der Waals surface area contributed by atoms with Gasteiger partial charge in [-0.15, -0.1) is 0 Å². The van der Waals surface area contributed by atoms with Crippen LogP contribution in [0.2, 0.25) is 0 Å². The third-order valence-electron chi connectivity index (χ3n) is 5.64. The van der Waals surface area contributed by atoms with Gasteiger partial charge in [0.15, 0.2) is 13.0 Å². The number of aromatic nitrogens is 1. The van der Waals surface area contributed by atoms with Gasteiger partial charge in [0.05, 0.1) is 6.20 Å². The molecule has 7 heteroatoms. The van der Waals surface area contributed by atoms with E-state index in [9.17, 15) is 9.59 Å². The summed E-state index contributed by atoms with van der Waals surface area (Å²) in [5.74, 6) is 0.687. The smallest absolute Gasteiger partial charge is 0.291 e. The van der Waals surface area contributed by atoms with Crippen molar-refractivity contribution in [2.45, 2.75) is 25.7 Å². The SMILES string of the molecule is O=C1COc2ccccc2C/C=C/CC2(CCCN(C(=O)c3cnco3)C2)CN1. The monoisotopic (exact) mass is 395 g/mol. The van der Waals surface area contributed by atoms with Crippen LogP contribution in [0.4, 0.5) is 0 Å². The van der Waals surface area contributed by atoms with E-state index in [1.807, 2.05) is 29.2 Å². The molecule has 1 aromatic heterocycles. The number of hydrogen-bond acceptors (Lipinski definition) is 5. The van der Waals surface area contributed by atoms with Crippen LogP contribution < -0.4 is 10.1 Å². The van der Waals surface area contributed by atoms with Gasteiger partial charge in [-0.05, 0) is 37.3 Å². The van der Waals surface area contributed by atoms with Crippen LogP contribution in [0, 0.1) is 5.41 Å². The van der Waals surface area contributed by atoms with Crippen LogP contribution in [0.3, 0.4) is 0 Å². The number of fused-ring (bicyclic) bond motifs is 1. The molecule has 4 rings (SSSR count). The van der Waals surface area contributed by atoms with E-state index in [4.69, 9.17) is 9.15 Å². The Hall–Kier alpha value is -3.09. The molecule has 2 aliphatic rings. The molecule has 0 radical (unpaired) electrons. The van der Waals surface area contributed by atoms with Gasteiger partial charge >= 0.3 is 0 Å². The van der Waals surface area contributed by atoms with Crippen LogP contribution in [0.1, 0.15) is 35.4 Å². The molecule has 1 saturated heterocycles. The van der Waals surface area contributed by atoms with Gasteiger partial charge in [0.2, 0.25) is 5.76 Å². The molecule has 2 aromatic rings. The summed E-state index contributed by atoms with van der Waals surface area (Å²) in [7, 11) is 0. The zero-order valence-electron chi connectivity index (χ0n) is 16.3. The van der Waals surface area contributed by atoms with E-state index < -0.39 is 0 Å². The Morgan fingerprint density at radius 2 is 2.14 bits per heavy atom. The largest absolute Gasteiger partial charge is 0.483 e. The van der Waals surface area contributed by atoms with Crippen LogP contribution in [0.5, 0.6) is 5.75 Å². The van der Waals surface area contributed by atoms with Crippen molar-refractivity contribution >= 4 is 11.8 Å². The van der Waals surface area contributed by atoms with Crippen molar-refractivity contribution in [1.82, 2.24) is 15.2 Å². The second kappa shape index (κ2) is 8.51. The number of allylic oxidation sites excluding steroid dienone is 2. The predicted molar refractivity (Wildman–Crippen MR) is 106 cm³/mol. The van der Waals surface area contributed by atoms with Gasteiger partial charge in [-0.2, -0.15) is 0 Å². The molecular weight excluding hydrogens is 370 g/mol. The highest BCUT2D eigenvalue weighted by Gasteiger charge is 2.37. The molecule has 29 heavy (non-hydrogen) atoms. The number of para-hydroxylation sites is 1. The second-order valence-electron chi connectivity index (χ2n) is 7.75. The number of carbonyl (C=O) groups is 2. The van der Waals surface area contributed by atoms with Gasteiger partial charge in [0, 0.05) is 25.0 Å². The molecular formula is C22H25N3O4. The zero-order valence-corrected chi connectivity index (χ0v) is 16.3. The van der Waals surface area contributed by atoms with Crippen molar-refractivity contribution in [3.8, 4) is 5.75 Å². The average Bonchev–Trinajstić information content (AvgIpc) is 3.28. The Bertz CT molecular complexity index is 893. The fourth-order valence-electron chi connectivity index (χ4n) is 4.08. The summed E-state index contributed by atoms with van der Waals surface area (Å²) in [6, 6.07) is 7.77. The van der Waals surface area contributed by atoms with E-state index in [0.717, 1.165) is 37.0 Å². The molecule has 2 amide bonds. The summed E-state index contributed by atoms with van der Waals surface area (Å²) in [6.07, 6.45) is 10.4. The first kappa shape index (κ1) is 19.2. The van der Waals surface area contributed by atoms with Crippen molar-refractivity contribution < 1.29 is 18.7 Å². The molecule has 0 bridgehead atoms. The Labute approximate surface area is 169 Å². The van der Waals surface area contributed by atoms with Crippen molar-refractivity contribution in [3.05, 3.63) is 60.3 Å². The van der Waals surface area contributed by atoms with Crippen LogP contribution in [-0.4, -0.2) is 47.9 Å². The van der Waals surface area contributed by atoms with Crippen molar-refractivity contribution in [3.63, 3.8) is 0 Å². The molecule has 7 nitrogen and oxygen atoms in total. The maximum Gasteiger partial charge on any atom is 0.291 e. The lowest BCUT2D eigenvalue weighted by Gasteiger charge is -2.42. The number of oxazole rings is 1. The van der Waals surface area contributed by atoms with E-state index in [2.05, 4.69) is 22.5 Å². The first-order valence-electron chi connectivity index (χ1n) is 9.95. The van der Waals surface area contributed by atoms with E-state index in [0.29, 0.717) is 19.6 Å². The molecule has 1 fully saturated rings. The van der Waals surface area contributed by atoms with Crippen molar-refractivity contribution in [1.29, 1.82) is 0 Å². The lowest BCUT2D eigenvalue weighted by Crippen LogP contribution is -2.51. The Balaban J connectivity index is 1.53. The second-order valence-corrected chi connectivity index (χ2v) is 7.75. The zero-order chi connectivity index (χ0) is 20.1. The van der Waals surface area contributed by atoms with Gasteiger partial charge < -0.3 is 19.4 Å². The van der Waals surface area contributed by atoms with Crippen molar-refractivity contribution in [2.75, 3.05) is 26.2 Å². The highest BCUT2D eigenvalue weighted by molar-refractivity contribution is 5.91. The standard InChI is InChI=1S/C22H25N3O4/c26-20-13-28-18-8-2-1-6-17(18)7-3-4-9-22(14-24-20)10-5-11-25(15-22)21(27)19-12-23-16-29-19/h1-4,6,8,12,16H,5,7,9-11,13-15H2,(H,24,26)/b4-3+. The summed E-state index contributed by atoms with van der Waals surface area (Å²) in [5, 5.41) is 3.01. The summed E-state index contributed by atoms with van der Waals surface area (Å²) in [5.41, 5.74) is 0.843. The van der Waals surface area contributed by atoms with Gasteiger partial charge in [-0.1, -0.05) is 30.4 Å². The molecule has 1 unspecified atom stereocenters. The minimum Gasteiger partial charge on any atom is -0.483 e. The first-order valence-corrected chi connectivity index (χ1v) is 9.95. The molecule has 1 aromatic carbocycles. The van der Waals surface area contributed by atoms with Crippen LogP contribution in [-0.2, 0) is 11.2 Å². The number of likely N-dealkylation sites (tertiary alicyclic amines) is 1. The number of nitrogens with one attached hydrogen (secondary N) is 1. The van der Waals surface area contributed by atoms with Gasteiger partial charge in [0.25, 0.3) is 11.8 Å². The molecule has 0 aliphatic carbocycles. The third-order valence-corrected chi connectivity index (χ3v) is 5.64. The van der Waals surface area contributed by atoms with Gasteiger partial charge in [-0.25, -0.2) is 4.98 Å². The van der Waals surface area contributed by atoms with Crippen molar-refractivity contribution in [2.24, 2.45) is 5.41 Å². The highest BCUT2D eigenvalue weighted by atomic mass is 16.5. The lowest BCUT2D eigenvalue weighted by atomic mass is 9.76. The molecule has 3 heterocycles. The van der Waals surface area contributed by atoms with E-state index in [1.54, 1.807) is 0 Å². The minimum atomic E-state index is -0.210. The van der Waals surface area contributed by atoms with Crippen LogP contribution >= 0.6 is 0 Å². The van der Waals surface area contributed by atoms with Gasteiger partial charge in [0.1, 0.15) is 5.75 Å². The molecule has 152 valence electrons. The summed E-state index contributed by atoms with van der Waals surface area (Å²) in [4.78, 5) is 30.8. The summed E-state index contributed by atoms with van der Waals surface area (Å²) >= 11 is 0. The number of hydrogen-bond donors (Lipinski definition) is 1. The Morgan fingerprint density at radius 1 is 1.24 bits per heavy atom. The normalized spacial score (nSPS) is 23.9. The number of ether oxygens (including phenoxy) is 1. The number of piperidine rings is 1. The van der Waals surface area contributed by atoms with Crippen LogP contribution in [0.25, 0.3) is 0 Å². The van der Waals surface area contributed by atoms with Crippen LogP contribution in [0.15, 0.2) is 53.4 Å². The number of amides is 2. The predicted octanol–water partition coefficient (Wildman–Crippen LogP) is 2.59. The highest BCUT2D eigenvalue weighted by Crippen LogP contribution is 2.34. The topological polar surface area (TPSA) is 84.7 Å². The number of rotatable bonds is 1. The average molecular weight is 395 g/mol. The van der Waals surface area contributed by atoms with Gasteiger partial charge in [-0.3, -0.25) is 9.59 Å². The van der Waals surface area contributed by atoms with E-state index in [1.165, 1.54) is 12.6 Å². The Kier molecular flexibility index (Phi) is 5.64. The Morgan fingerprint density at radius 3 is 3.00 bits per heavy atom.